The van der Waals surface area contributed by atoms with E-state index in [1.807, 2.05) is 30.3 Å². The predicted octanol–water partition coefficient (Wildman–Crippen LogP) is 5.01. The Kier molecular flexibility index (Phi) is 9.79. The van der Waals surface area contributed by atoms with Crippen molar-refractivity contribution in [3.63, 3.8) is 0 Å². The molecule has 1 atom stereocenters. The van der Waals surface area contributed by atoms with Crippen molar-refractivity contribution in [2.45, 2.75) is 77.7 Å². The van der Waals surface area contributed by atoms with E-state index in [0.29, 0.717) is 5.56 Å². The lowest BCUT2D eigenvalue weighted by Gasteiger charge is -2.07. The van der Waals surface area contributed by atoms with Crippen molar-refractivity contribution in [2.75, 3.05) is 0 Å². The number of amides is 1. The standard InChI is InChI=1S/C20H30N2O/c1-3-4-5-6-7-8-9-10-11-18-12-14-19(15-13-18)20(23)22-17(2)16-21/h12-15,17H,3-11H2,1-2H3,(H,22,23)/t17-/m0/s1. The lowest BCUT2D eigenvalue weighted by atomic mass is 10.0. The Morgan fingerprint density at radius 2 is 1.61 bits per heavy atom. The van der Waals surface area contributed by atoms with Crippen LogP contribution in [-0.4, -0.2) is 11.9 Å². The number of nitrogens with one attached hydrogen (secondary N) is 1. The highest BCUT2D eigenvalue weighted by atomic mass is 16.1. The van der Waals surface area contributed by atoms with E-state index in [9.17, 15) is 4.79 Å². The fourth-order valence-corrected chi connectivity index (χ4v) is 2.60. The van der Waals surface area contributed by atoms with E-state index in [4.69, 9.17) is 5.26 Å². The summed E-state index contributed by atoms with van der Waals surface area (Å²) in [5, 5.41) is 11.4. The first-order valence-corrected chi connectivity index (χ1v) is 8.96. The van der Waals surface area contributed by atoms with E-state index in [0.717, 1.165) is 6.42 Å². The molecule has 1 aromatic rings. The first-order valence-electron chi connectivity index (χ1n) is 8.96. The molecule has 1 N–H and O–H groups in total. The van der Waals surface area contributed by atoms with Gasteiger partial charge in [0.1, 0.15) is 6.04 Å². The lowest BCUT2D eigenvalue weighted by molar-refractivity contribution is 0.0948. The average Bonchev–Trinajstić information content (AvgIpc) is 2.57. The molecule has 0 radical (unpaired) electrons. The molecule has 3 heteroatoms. The first kappa shape index (κ1) is 19.2. The van der Waals surface area contributed by atoms with E-state index in [1.165, 1.54) is 56.9 Å². The van der Waals surface area contributed by atoms with Crippen LogP contribution < -0.4 is 5.32 Å². The number of nitriles is 1. The van der Waals surface area contributed by atoms with Crippen LogP contribution in [0.3, 0.4) is 0 Å². The average molecular weight is 314 g/mol. The zero-order valence-corrected chi connectivity index (χ0v) is 14.6. The van der Waals surface area contributed by atoms with Crippen molar-refractivity contribution < 1.29 is 4.79 Å². The number of nitrogens with zero attached hydrogens (tertiary/aromatic N) is 1. The van der Waals surface area contributed by atoms with Gasteiger partial charge in [-0.15, -0.1) is 0 Å². The van der Waals surface area contributed by atoms with Crippen LogP contribution >= 0.6 is 0 Å². The van der Waals surface area contributed by atoms with Gasteiger partial charge in [-0.25, -0.2) is 0 Å². The van der Waals surface area contributed by atoms with Crippen LogP contribution in [0.1, 0.15) is 81.1 Å². The molecule has 1 amide bonds. The third kappa shape index (κ3) is 8.40. The fraction of sp³-hybridized carbons (Fsp3) is 0.600. The Labute approximate surface area is 141 Å². The molecule has 0 spiro atoms. The minimum absolute atomic E-state index is 0.183. The van der Waals surface area contributed by atoms with Crippen molar-refractivity contribution >= 4 is 5.91 Å². The Hall–Kier alpha value is -1.82. The molecule has 0 heterocycles. The monoisotopic (exact) mass is 314 g/mol. The largest absolute Gasteiger partial charge is 0.337 e. The maximum absolute atomic E-state index is 11.9. The van der Waals surface area contributed by atoms with Gasteiger partial charge >= 0.3 is 0 Å². The normalized spacial score (nSPS) is 11.7. The fourth-order valence-electron chi connectivity index (χ4n) is 2.60. The molecular formula is C20H30N2O. The second-order valence-corrected chi connectivity index (χ2v) is 6.25. The summed E-state index contributed by atoms with van der Waals surface area (Å²) in [6, 6.07) is 9.28. The molecule has 1 rings (SSSR count). The summed E-state index contributed by atoms with van der Waals surface area (Å²) in [5.74, 6) is -0.183. The van der Waals surface area contributed by atoms with Crippen LogP contribution in [0, 0.1) is 11.3 Å². The zero-order valence-electron chi connectivity index (χ0n) is 14.6. The van der Waals surface area contributed by atoms with Crippen LogP contribution in [0.2, 0.25) is 0 Å². The summed E-state index contributed by atoms with van der Waals surface area (Å²) in [7, 11) is 0. The molecule has 0 unspecified atom stereocenters. The summed E-state index contributed by atoms with van der Waals surface area (Å²) in [6.07, 6.45) is 11.7. The Balaban J connectivity index is 2.21. The molecule has 0 fully saturated rings. The van der Waals surface area contributed by atoms with Crippen LogP contribution in [0.25, 0.3) is 0 Å². The van der Waals surface area contributed by atoms with Crippen LogP contribution in [-0.2, 0) is 6.42 Å². The Bertz CT molecular complexity index is 487. The topological polar surface area (TPSA) is 52.9 Å². The van der Waals surface area contributed by atoms with Crippen molar-refractivity contribution in [2.24, 2.45) is 0 Å². The van der Waals surface area contributed by atoms with E-state index in [-0.39, 0.29) is 5.91 Å². The van der Waals surface area contributed by atoms with Gasteiger partial charge in [-0.2, -0.15) is 5.26 Å². The number of benzene rings is 1. The smallest absolute Gasteiger partial charge is 0.252 e. The van der Waals surface area contributed by atoms with Crippen molar-refractivity contribution in [3.05, 3.63) is 35.4 Å². The van der Waals surface area contributed by atoms with Gasteiger partial charge in [0.2, 0.25) is 0 Å². The lowest BCUT2D eigenvalue weighted by Crippen LogP contribution is -2.31. The van der Waals surface area contributed by atoms with Gasteiger partial charge in [0.05, 0.1) is 6.07 Å². The quantitative estimate of drug-likeness (QED) is 0.584. The third-order valence-corrected chi connectivity index (χ3v) is 4.08. The zero-order chi connectivity index (χ0) is 16.9. The number of unbranched alkanes of at least 4 members (excludes halogenated alkanes) is 7. The molecule has 0 bridgehead atoms. The van der Waals surface area contributed by atoms with Crippen LogP contribution in [0.4, 0.5) is 0 Å². The molecule has 1 aromatic carbocycles. The highest BCUT2D eigenvalue weighted by Gasteiger charge is 2.08. The summed E-state index contributed by atoms with van der Waals surface area (Å²) in [5.41, 5.74) is 1.90. The maximum Gasteiger partial charge on any atom is 0.252 e. The number of carbonyl (C=O) groups is 1. The van der Waals surface area contributed by atoms with Gasteiger partial charge in [-0.3, -0.25) is 4.79 Å². The summed E-state index contributed by atoms with van der Waals surface area (Å²) in [6.45, 7) is 3.92. The third-order valence-electron chi connectivity index (χ3n) is 4.08. The van der Waals surface area contributed by atoms with Crippen LogP contribution in [0.15, 0.2) is 24.3 Å². The van der Waals surface area contributed by atoms with Crippen molar-refractivity contribution in [1.29, 1.82) is 5.26 Å². The molecule has 0 aliphatic rings. The Morgan fingerprint density at radius 1 is 1.04 bits per heavy atom. The molecule has 0 aromatic heterocycles. The maximum atomic E-state index is 11.9. The highest BCUT2D eigenvalue weighted by molar-refractivity contribution is 5.94. The number of aryl methyl sites for hydroxylation is 1. The van der Waals surface area contributed by atoms with E-state index in [2.05, 4.69) is 12.2 Å². The molecule has 23 heavy (non-hydrogen) atoms. The van der Waals surface area contributed by atoms with Crippen LogP contribution in [0.5, 0.6) is 0 Å². The van der Waals surface area contributed by atoms with E-state index in [1.54, 1.807) is 6.92 Å². The molecule has 0 saturated heterocycles. The van der Waals surface area contributed by atoms with Gasteiger partial charge in [-0.05, 0) is 37.5 Å². The molecule has 0 aliphatic carbocycles. The van der Waals surface area contributed by atoms with Gasteiger partial charge in [0.25, 0.3) is 5.91 Å². The van der Waals surface area contributed by atoms with Gasteiger partial charge in [0.15, 0.2) is 0 Å². The molecular weight excluding hydrogens is 284 g/mol. The molecule has 126 valence electrons. The minimum atomic E-state index is -0.459. The summed E-state index contributed by atoms with van der Waals surface area (Å²) in [4.78, 5) is 11.9. The first-order chi connectivity index (χ1) is 11.2. The number of carbonyl (C=O) groups excluding carboxylic acids is 1. The van der Waals surface area contributed by atoms with Crippen molar-refractivity contribution in [1.82, 2.24) is 5.32 Å². The highest BCUT2D eigenvalue weighted by Crippen LogP contribution is 2.12. The SMILES string of the molecule is CCCCCCCCCCc1ccc(C(=O)N[C@@H](C)C#N)cc1. The molecule has 0 aliphatic heterocycles. The van der Waals surface area contributed by atoms with Gasteiger partial charge < -0.3 is 5.32 Å². The minimum Gasteiger partial charge on any atom is -0.337 e. The molecule has 3 nitrogen and oxygen atoms in total. The van der Waals surface area contributed by atoms with Gasteiger partial charge in [0, 0.05) is 5.56 Å². The second-order valence-electron chi connectivity index (χ2n) is 6.25. The number of hydrogen-bond acceptors (Lipinski definition) is 2. The van der Waals surface area contributed by atoms with E-state index < -0.39 is 6.04 Å². The van der Waals surface area contributed by atoms with E-state index >= 15 is 0 Å². The molecule has 0 saturated carbocycles. The second kappa shape index (κ2) is 11.7. The van der Waals surface area contributed by atoms with Gasteiger partial charge in [-0.1, -0.05) is 64.0 Å². The number of hydrogen-bond donors (Lipinski definition) is 1. The summed E-state index contributed by atoms with van der Waals surface area (Å²) < 4.78 is 0. The Morgan fingerprint density at radius 3 is 2.17 bits per heavy atom. The predicted molar refractivity (Wildman–Crippen MR) is 95.3 cm³/mol. The number of rotatable bonds is 11. The van der Waals surface area contributed by atoms with Crippen molar-refractivity contribution in [3.8, 4) is 6.07 Å². The summed E-state index contributed by atoms with van der Waals surface area (Å²) >= 11 is 0.